The van der Waals surface area contributed by atoms with Gasteiger partial charge in [-0.05, 0) is 49.4 Å². The second-order valence-corrected chi connectivity index (χ2v) is 6.96. The Morgan fingerprint density at radius 1 is 0.833 bits per heavy atom. The van der Waals surface area contributed by atoms with Crippen molar-refractivity contribution < 1.29 is 4.42 Å². The molecule has 0 radical (unpaired) electrons. The maximum atomic E-state index is 8.33. The van der Waals surface area contributed by atoms with Crippen molar-refractivity contribution in [1.82, 2.24) is 15.2 Å². The number of nitrogens with one attached hydrogen (secondary N) is 2. The van der Waals surface area contributed by atoms with Crippen molar-refractivity contribution >= 4 is 28.0 Å². The minimum atomic E-state index is 0.0321. The third-order valence-electron chi connectivity index (χ3n) is 4.88. The average Bonchev–Trinajstić information content (AvgIpc) is 3.21. The SMILES string of the molecule is Cc1nc(-c2cc3ccc(N(c4ccccc4)c4ccccc4)cc3oc2=N)n[nH]1. The van der Waals surface area contributed by atoms with Gasteiger partial charge in [0.05, 0.1) is 5.56 Å². The summed E-state index contributed by atoms with van der Waals surface area (Å²) in [7, 11) is 0. The van der Waals surface area contributed by atoms with Gasteiger partial charge in [0.2, 0.25) is 5.55 Å². The molecular weight excluding hydrogens is 374 g/mol. The molecule has 0 bridgehead atoms. The van der Waals surface area contributed by atoms with Crippen LogP contribution in [0.2, 0.25) is 0 Å². The van der Waals surface area contributed by atoms with Crippen LogP contribution in [0.5, 0.6) is 0 Å². The Morgan fingerprint density at radius 3 is 2.10 bits per heavy atom. The lowest BCUT2D eigenvalue weighted by atomic mass is 10.1. The minimum Gasteiger partial charge on any atom is -0.438 e. The van der Waals surface area contributed by atoms with Crippen molar-refractivity contribution in [1.29, 1.82) is 5.41 Å². The molecule has 2 aromatic heterocycles. The van der Waals surface area contributed by atoms with Crippen LogP contribution in [-0.2, 0) is 0 Å². The van der Waals surface area contributed by atoms with Gasteiger partial charge in [0.1, 0.15) is 11.4 Å². The first-order chi connectivity index (χ1) is 14.7. The fraction of sp³-hybridized carbons (Fsp3) is 0.0417. The number of aryl methyl sites for hydroxylation is 1. The van der Waals surface area contributed by atoms with Crippen molar-refractivity contribution in [2.75, 3.05) is 4.90 Å². The third kappa shape index (κ3) is 3.24. The van der Waals surface area contributed by atoms with Crippen molar-refractivity contribution in [2.45, 2.75) is 6.92 Å². The number of benzene rings is 3. The summed E-state index contributed by atoms with van der Waals surface area (Å²) in [6, 6.07) is 28.2. The topological polar surface area (TPSA) is 81.8 Å². The van der Waals surface area contributed by atoms with Gasteiger partial charge in [-0.2, -0.15) is 5.10 Å². The Labute approximate surface area is 173 Å². The molecule has 146 valence electrons. The van der Waals surface area contributed by atoms with E-state index in [0.29, 0.717) is 22.8 Å². The van der Waals surface area contributed by atoms with Crippen LogP contribution in [0.15, 0.2) is 89.3 Å². The zero-order valence-corrected chi connectivity index (χ0v) is 16.3. The number of aromatic nitrogens is 3. The highest BCUT2D eigenvalue weighted by Crippen LogP contribution is 2.35. The van der Waals surface area contributed by atoms with Gasteiger partial charge in [-0.25, -0.2) is 4.98 Å². The number of hydrogen-bond acceptors (Lipinski definition) is 5. The maximum absolute atomic E-state index is 8.33. The highest BCUT2D eigenvalue weighted by Gasteiger charge is 2.15. The molecule has 2 heterocycles. The van der Waals surface area contributed by atoms with E-state index >= 15 is 0 Å². The third-order valence-corrected chi connectivity index (χ3v) is 4.88. The van der Waals surface area contributed by atoms with Crippen molar-refractivity contribution in [2.24, 2.45) is 0 Å². The van der Waals surface area contributed by atoms with Crippen LogP contribution in [0.4, 0.5) is 17.1 Å². The molecule has 6 nitrogen and oxygen atoms in total. The predicted molar refractivity (Wildman–Crippen MR) is 117 cm³/mol. The molecule has 0 aliphatic heterocycles. The number of hydrogen-bond donors (Lipinski definition) is 2. The first kappa shape index (κ1) is 17.9. The van der Waals surface area contributed by atoms with Crippen LogP contribution in [0.3, 0.4) is 0 Å². The number of anilines is 3. The molecule has 30 heavy (non-hydrogen) atoms. The van der Waals surface area contributed by atoms with Crippen LogP contribution in [0.1, 0.15) is 5.82 Å². The summed E-state index contributed by atoms with van der Waals surface area (Å²) >= 11 is 0. The molecule has 5 aromatic rings. The van der Waals surface area contributed by atoms with Crippen molar-refractivity contribution in [3.8, 4) is 11.4 Å². The molecular formula is C24H19N5O. The Bertz CT molecular complexity index is 1330. The van der Waals surface area contributed by atoms with Gasteiger partial charge >= 0.3 is 0 Å². The maximum Gasteiger partial charge on any atom is 0.223 e. The second kappa shape index (κ2) is 7.33. The molecule has 0 fully saturated rings. The fourth-order valence-corrected chi connectivity index (χ4v) is 3.49. The van der Waals surface area contributed by atoms with Crippen LogP contribution >= 0.6 is 0 Å². The molecule has 3 aromatic carbocycles. The average molecular weight is 393 g/mol. The lowest BCUT2D eigenvalue weighted by Gasteiger charge is -2.25. The first-order valence-corrected chi connectivity index (χ1v) is 9.61. The van der Waals surface area contributed by atoms with Gasteiger partial charge in [-0.15, -0.1) is 0 Å². The van der Waals surface area contributed by atoms with E-state index in [1.54, 1.807) is 0 Å². The Kier molecular flexibility index (Phi) is 4.37. The summed E-state index contributed by atoms with van der Waals surface area (Å²) < 4.78 is 5.87. The summed E-state index contributed by atoms with van der Waals surface area (Å²) in [5, 5.41) is 16.2. The zero-order chi connectivity index (χ0) is 20.5. The summed E-state index contributed by atoms with van der Waals surface area (Å²) in [4.78, 5) is 6.48. The molecule has 0 aliphatic carbocycles. The lowest BCUT2D eigenvalue weighted by Crippen LogP contribution is -2.10. The highest BCUT2D eigenvalue weighted by atomic mass is 16.3. The van der Waals surface area contributed by atoms with Gasteiger partial charge < -0.3 is 9.32 Å². The van der Waals surface area contributed by atoms with Crippen LogP contribution in [0, 0.1) is 12.3 Å². The summed E-state index contributed by atoms with van der Waals surface area (Å²) in [6.07, 6.45) is 0. The number of H-pyrrole nitrogens is 1. The molecule has 2 N–H and O–H groups in total. The van der Waals surface area contributed by atoms with E-state index in [9.17, 15) is 0 Å². The number of para-hydroxylation sites is 2. The van der Waals surface area contributed by atoms with E-state index in [4.69, 9.17) is 9.83 Å². The van der Waals surface area contributed by atoms with Gasteiger partial charge in [0.25, 0.3) is 0 Å². The zero-order valence-electron chi connectivity index (χ0n) is 16.3. The number of fused-ring (bicyclic) bond motifs is 1. The Hall–Kier alpha value is -4.19. The lowest BCUT2D eigenvalue weighted by molar-refractivity contribution is 0.535. The van der Waals surface area contributed by atoms with Crippen LogP contribution in [0.25, 0.3) is 22.4 Å². The van der Waals surface area contributed by atoms with Gasteiger partial charge in [-0.1, -0.05) is 36.4 Å². The summed E-state index contributed by atoms with van der Waals surface area (Å²) in [5.41, 5.74) is 4.26. The molecule has 5 rings (SSSR count). The monoisotopic (exact) mass is 393 g/mol. The number of aromatic amines is 1. The standard InChI is InChI=1S/C24H19N5O/c1-16-26-24(28-27-16)21-14-17-12-13-20(15-22(17)30-23(21)25)29(18-8-4-2-5-9-18)19-10-6-3-7-11-19/h2-15,25H,1H3,(H,26,27,28). The number of rotatable bonds is 4. The number of nitrogens with zero attached hydrogens (tertiary/aromatic N) is 3. The van der Waals surface area contributed by atoms with Crippen molar-refractivity contribution in [3.05, 3.63) is 96.3 Å². The highest BCUT2D eigenvalue weighted by molar-refractivity contribution is 5.87. The molecule has 0 unspecified atom stereocenters. The Balaban J connectivity index is 1.65. The molecule has 0 saturated heterocycles. The van der Waals surface area contributed by atoms with Gasteiger partial charge in [0.15, 0.2) is 5.82 Å². The molecule has 0 saturated carbocycles. The quantitative estimate of drug-likeness (QED) is 0.424. The van der Waals surface area contributed by atoms with Gasteiger partial charge in [-0.3, -0.25) is 10.5 Å². The van der Waals surface area contributed by atoms with E-state index in [-0.39, 0.29) is 5.55 Å². The Morgan fingerprint density at radius 2 is 1.50 bits per heavy atom. The van der Waals surface area contributed by atoms with E-state index in [2.05, 4.69) is 50.4 Å². The minimum absolute atomic E-state index is 0.0321. The van der Waals surface area contributed by atoms with Crippen LogP contribution < -0.4 is 10.5 Å². The molecule has 0 aliphatic rings. The first-order valence-electron chi connectivity index (χ1n) is 9.61. The van der Waals surface area contributed by atoms with E-state index in [1.165, 1.54) is 0 Å². The van der Waals surface area contributed by atoms with E-state index in [0.717, 1.165) is 22.4 Å². The van der Waals surface area contributed by atoms with E-state index < -0.39 is 0 Å². The largest absolute Gasteiger partial charge is 0.438 e. The van der Waals surface area contributed by atoms with Crippen LogP contribution in [-0.4, -0.2) is 15.2 Å². The molecule has 0 amide bonds. The van der Waals surface area contributed by atoms with E-state index in [1.807, 2.05) is 61.5 Å². The smallest absolute Gasteiger partial charge is 0.223 e. The molecule has 6 heteroatoms. The fourth-order valence-electron chi connectivity index (χ4n) is 3.49. The molecule has 0 atom stereocenters. The van der Waals surface area contributed by atoms with Gasteiger partial charge in [0, 0.05) is 28.5 Å². The second-order valence-electron chi connectivity index (χ2n) is 6.96. The summed E-state index contributed by atoms with van der Waals surface area (Å²) in [6.45, 7) is 1.83. The van der Waals surface area contributed by atoms with Crippen molar-refractivity contribution in [3.63, 3.8) is 0 Å². The predicted octanol–water partition coefficient (Wildman–Crippen LogP) is 5.48. The summed E-state index contributed by atoms with van der Waals surface area (Å²) in [5.74, 6) is 1.16. The normalized spacial score (nSPS) is 11.0. The molecule has 0 spiro atoms.